The number of pyridine rings is 1. The van der Waals surface area contributed by atoms with Crippen molar-refractivity contribution in [1.29, 1.82) is 0 Å². The Hall–Kier alpha value is -1.31. The summed E-state index contributed by atoms with van der Waals surface area (Å²) in [6.07, 6.45) is 0. The Balaban J connectivity index is 1.91. The van der Waals surface area contributed by atoms with Crippen LogP contribution in [0.15, 0.2) is 12.1 Å². The Morgan fingerprint density at radius 1 is 1.40 bits per heavy atom. The van der Waals surface area contributed by atoms with Gasteiger partial charge in [-0.2, -0.15) is 0 Å². The van der Waals surface area contributed by atoms with E-state index in [0.29, 0.717) is 0 Å². The molecule has 0 saturated carbocycles. The van der Waals surface area contributed by atoms with Crippen LogP contribution >= 0.6 is 35.0 Å². The zero-order chi connectivity index (χ0) is 14.7. The monoisotopic (exact) mass is 333 g/mol. The zero-order valence-electron chi connectivity index (χ0n) is 10.1. The van der Waals surface area contributed by atoms with Crippen molar-refractivity contribution in [2.45, 2.75) is 0 Å². The van der Waals surface area contributed by atoms with Crippen LogP contribution in [0.2, 0.25) is 10.2 Å². The highest BCUT2D eigenvalue weighted by atomic mass is 35.5. The zero-order valence-corrected chi connectivity index (χ0v) is 12.4. The smallest absolute Gasteiger partial charge is 0.288 e. The van der Waals surface area contributed by atoms with Gasteiger partial charge in [-0.1, -0.05) is 35.0 Å². The lowest BCUT2D eigenvalue weighted by Gasteiger charge is -2.13. The maximum atomic E-state index is 11.8. The molecule has 1 saturated heterocycles. The Kier molecular flexibility index (Phi) is 4.85. The molecule has 106 valence electrons. The predicted molar refractivity (Wildman–Crippen MR) is 76.2 cm³/mol. The first-order valence-corrected chi connectivity index (χ1v) is 7.30. The Morgan fingerprint density at radius 2 is 2.15 bits per heavy atom. The number of amides is 3. The van der Waals surface area contributed by atoms with Crippen molar-refractivity contribution in [2.24, 2.45) is 0 Å². The fraction of sp³-hybridized carbons (Fsp3) is 0.273. The second-order valence-electron chi connectivity index (χ2n) is 3.82. The number of thioether (sulfide) groups is 1. The van der Waals surface area contributed by atoms with Gasteiger partial charge < -0.3 is 5.32 Å². The summed E-state index contributed by atoms with van der Waals surface area (Å²) in [6.45, 7) is 0.246. The van der Waals surface area contributed by atoms with Crippen LogP contribution in [0, 0.1) is 0 Å². The van der Waals surface area contributed by atoms with Crippen molar-refractivity contribution in [2.75, 3.05) is 18.8 Å². The predicted octanol–water partition coefficient (Wildman–Crippen LogP) is 1.81. The number of nitrogens with zero attached hydrogens (tertiary/aromatic N) is 2. The number of rotatable bonds is 4. The van der Waals surface area contributed by atoms with E-state index in [1.807, 2.05) is 0 Å². The van der Waals surface area contributed by atoms with Crippen LogP contribution < -0.4 is 5.32 Å². The lowest BCUT2D eigenvalue weighted by molar-refractivity contribution is -0.124. The van der Waals surface area contributed by atoms with Gasteiger partial charge in [-0.25, -0.2) is 4.98 Å². The number of nitrogens with one attached hydrogen (secondary N) is 1. The molecule has 1 N–H and O–H groups in total. The van der Waals surface area contributed by atoms with Crippen molar-refractivity contribution in [3.63, 3.8) is 0 Å². The molecule has 0 atom stereocenters. The quantitative estimate of drug-likeness (QED) is 0.850. The summed E-state index contributed by atoms with van der Waals surface area (Å²) in [5, 5.41) is 2.56. The molecule has 1 aromatic heterocycles. The minimum absolute atomic E-state index is 0.00705. The molecule has 20 heavy (non-hydrogen) atoms. The summed E-state index contributed by atoms with van der Waals surface area (Å²) in [5.74, 6) is -0.619. The van der Waals surface area contributed by atoms with Gasteiger partial charge in [0.25, 0.3) is 11.1 Å². The van der Waals surface area contributed by atoms with Gasteiger partial charge >= 0.3 is 0 Å². The van der Waals surface area contributed by atoms with Gasteiger partial charge in [0.2, 0.25) is 5.91 Å². The van der Waals surface area contributed by atoms with Crippen molar-refractivity contribution in [1.82, 2.24) is 15.2 Å². The van der Waals surface area contributed by atoms with Gasteiger partial charge in [-0.3, -0.25) is 19.3 Å². The number of imide groups is 1. The molecule has 0 spiro atoms. The first-order chi connectivity index (χ1) is 9.49. The molecule has 2 heterocycles. The second-order valence-corrected chi connectivity index (χ2v) is 5.54. The van der Waals surface area contributed by atoms with E-state index in [-0.39, 0.29) is 45.9 Å². The van der Waals surface area contributed by atoms with E-state index in [2.05, 4.69) is 10.3 Å². The molecule has 0 radical (unpaired) electrons. The second kappa shape index (κ2) is 6.43. The summed E-state index contributed by atoms with van der Waals surface area (Å²) in [4.78, 5) is 39.4. The molecular weight excluding hydrogens is 325 g/mol. The van der Waals surface area contributed by atoms with Crippen LogP contribution in [0.1, 0.15) is 10.5 Å². The molecule has 6 nitrogen and oxygen atoms in total. The molecule has 9 heteroatoms. The number of carbonyl (C=O) groups is 3. The van der Waals surface area contributed by atoms with E-state index in [0.717, 1.165) is 16.7 Å². The number of carbonyl (C=O) groups excluding carboxylic acids is 3. The van der Waals surface area contributed by atoms with Crippen molar-refractivity contribution < 1.29 is 14.4 Å². The fourth-order valence-electron chi connectivity index (χ4n) is 1.54. The molecule has 1 aliphatic rings. The molecule has 1 aromatic rings. The maximum absolute atomic E-state index is 11.8. The largest absolute Gasteiger partial charge is 0.349 e. The van der Waals surface area contributed by atoms with Gasteiger partial charge in [0.1, 0.15) is 10.8 Å². The van der Waals surface area contributed by atoms with Gasteiger partial charge in [-0.05, 0) is 12.1 Å². The van der Waals surface area contributed by atoms with E-state index in [4.69, 9.17) is 23.2 Å². The van der Waals surface area contributed by atoms with Crippen LogP contribution in [0.4, 0.5) is 4.79 Å². The minimum atomic E-state index is -0.510. The fourth-order valence-corrected chi connectivity index (χ4v) is 2.63. The van der Waals surface area contributed by atoms with Gasteiger partial charge in [0, 0.05) is 13.1 Å². The summed E-state index contributed by atoms with van der Waals surface area (Å²) in [5.41, 5.74) is 0.00705. The summed E-state index contributed by atoms with van der Waals surface area (Å²) in [7, 11) is 0. The highest BCUT2D eigenvalue weighted by Crippen LogP contribution is 2.18. The van der Waals surface area contributed by atoms with Crippen LogP contribution in [0.3, 0.4) is 0 Å². The normalized spacial score (nSPS) is 14.8. The molecule has 1 aliphatic heterocycles. The van der Waals surface area contributed by atoms with Crippen molar-refractivity contribution in [3.8, 4) is 0 Å². The van der Waals surface area contributed by atoms with Crippen LogP contribution in [-0.2, 0) is 4.79 Å². The molecule has 0 aromatic carbocycles. The lowest BCUT2D eigenvalue weighted by atomic mass is 10.3. The number of hydrogen-bond donors (Lipinski definition) is 1. The average Bonchev–Trinajstić information content (AvgIpc) is 2.73. The van der Waals surface area contributed by atoms with Gasteiger partial charge in [0.05, 0.1) is 10.8 Å². The number of aromatic nitrogens is 1. The Labute approximate surface area is 128 Å². The summed E-state index contributed by atoms with van der Waals surface area (Å²) in [6, 6.07) is 2.94. The van der Waals surface area contributed by atoms with Crippen LogP contribution in [0.5, 0.6) is 0 Å². The average molecular weight is 334 g/mol. The maximum Gasteiger partial charge on any atom is 0.288 e. The SMILES string of the molecule is O=C(NCCN1C(=O)CSC1=O)c1nc(Cl)ccc1Cl. The third-order valence-corrected chi connectivity index (χ3v) is 3.86. The third kappa shape index (κ3) is 3.41. The number of hydrogen-bond acceptors (Lipinski definition) is 5. The Bertz CT molecular complexity index is 566. The van der Waals surface area contributed by atoms with Crippen LogP contribution in [-0.4, -0.2) is 45.8 Å². The minimum Gasteiger partial charge on any atom is -0.349 e. The Morgan fingerprint density at radius 3 is 2.80 bits per heavy atom. The van der Waals surface area contributed by atoms with Gasteiger partial charge in [0.15, 0.2) is 0 Å². The molecular formula is C11H9Cl2N3O3S. The summed E-state index contributed by atoms with van der Waals surface area (Å²) < 4.78 is 0. The van der Waals surface area contributed by atoms with E-state index in [1.54, 1.807) is 0 Å². The lowest BCUT2D eigenvalue weighted by Crippen LogP contribution is -2.37. The summed E-state index contributed by atoms with van der Waals surface area (Å²) >= 11 is 12.5. The van der Waals surface area contributed by atoms with E-state index >= 15 is 0 Å². The highest BCUT2D eigenvalue weighted by molar-refractivity contribution is 8.14. The van der Waals surface area contributed by atoms with Gasteiger partial charge in [-0.15, -0.1) is 0 Å². The van der Waals surface area contributed by atoms with Crippen molar-refractivity contribution in [3.05, 3.63) is 28.0 Å². The van der Waals surface area contributed by atoms with E-state index in [1.165, 1.54) is 12.1 Å². The standard InChI is InChI=1S/C11H9Cl2N3O3S/c12-6-1-2-7(13)15-9(6)10(18)14-3-4-16-8(17)5-20-11(16)19/h1-2H,3-5H2,(H,14,18). The third-order valence-electron chi connectivity index (χ3n) is 2.49. The molecule has 0 unspecified atom stereocenters. The first kappa shape index (κ1) is 15.1. The molecule has 2 rings (SSSR count). The molecule has 0 aliphatic carbocycles. The van der Waals surface area contributed by atoms with Crippen molar-refractivity contribution >= 4 is 52.0 Å². The first-order valence-electron chi connectivity index (χ1n) is 5.56. The van der Waals surface area contributed by atoms with Crippen LogP contribution in [0.25, 0.3) is 0 Å². The molecule has 3 amide bonds. The van der Waals surface area contributed by atoms with E-state index in [9.17, 15) is 14.4 Å². The number of halogens is 2. The highest BCUT2D eigenvalue weighted by Gasteiger charge is 2.29. The topological polar surface area (TPSA) is 79.4 Å². The molecule has 0 bridgehead atoms. The van der Waals surface area contributed by atoms with E-state index < -0.39 is 5.91 Å². The molecule has 1 fully saturated rings.